The van der Waals surface area contributed by atoms with Crippen LogP contribution in [-0.2, 0) is 4.79 Å². The highest BCUT2D eigenvalue weighted by Gasteiger charge is 2.03. The lowest BCUT2D eigenvalue weighted by molar-refractivity contribution is 0.493. The third kappa shape index (κ3) is 2.38. The fourth-order valence-corrected chi connectivity index (χ4v) is 0.116. The summed E-state index contributed by atoms with van der Waals surface area (Å²) >= 11 is 0. The SMILES string of the molecule is [CH2]C(C)C(C)[C]=O. The van der Waals surface area contributed by atoms with Crippen molar-refractivity contribution < 1.29 is 4.79 Å². The minimum absolute atomic E-state index is 0.0139. The summed E-state index contributed by atoms with van der Waals surface area (Å²) < 4.78 is 0. The summed E-state index contributed by atoms with van der Waals surface area (Å²) in [6.07, 6.45) is 1.85. The number of hydrogen-bond acceptors (Lipinski definition) is 1. The first kappa shape index (κ1) is 6.67. The fourth-order valence-electron chi connectivity index (χ4n) is 0.116. The van der Waals surface area contributed by atoms with Crippen molar-refractivity contribution in [3.05, 3.63) is 6.92 Å². The summed E-state index contributed by atoms with van der Waals surface area (Å²) in [6.45, 7) is 7.36. The van der Waals surface area contributed by atoms with E-state index in [1.54, 1.807) is 0 Å². The van der Waals surface area contributed by atoms with E-state index < -0.39 is 0 Å². The number of hydrogen-bond donors (Lipinski definition) is 0. The second-order valence-electron chi connectivity index (χ2n) is 1.88. The summed E-state index contributed by atoms with van der Waals surface area (Å²) in [5.41, 5.74) is 0. The van der Waals surface area contributed by atoms with Crippen LogP contribution in [0.25, 0.3) is 0 Å². The van der Waals surface area contributed by atoms with Crippen molar-refractivity contribution in [1.82, 2.24) is 0 Å². The normalized spacial score (nSPS) is 14.3. The average molecular weight is 98.1 g/mol. The van der Waals surface area contributed by atoms with Crippen LogP contribution in [0.4, 0.5) is 0 Å². The van der Waals surface area contributed by atoms with E-state index in [1.165, 1.54) is 0 Å². The van der Waals surface area contributed by atoms with Crippen LogP contribution in [0.5, 0.6) is 0 Å². The maximum atomic E-state index is 9.78. The lowest BCUT2D eigenvalue weighted by Crippen LogP contribution is -2.03. The van der Waals surface area contributed by atoms with Crippen LogP contribution in [0, 0.1) is 18.8 Å². The van der Waals surface area contributed by atoms with Gasteiger partial charge in [0.2, 0.25) is 6.29 Å². The molecule has 2 unspecified atom stereocenters. The molecule has 0 rings (SSSR count). The molecule has 0 aliphatic heterocycles. The molecule has 40 valence electrons. The van der Waals surface area contributed by atoms with Gasteiger partial charge in [0.05, 0.1) is 0 Å². The molecule has 0 heterocycles. The molecule has 0 aromatic heterocycles. The van der Waals surface area contributed by atoms with Gasteiger partial charge in [-0.3, -0.25) is 4.79 Å². The second-order valence-corrected chi connectivity index (χ2v) is 1.88. The van der Waals surface area contributed by atoms with E-state index in [0.29, 0.717) is 0 Å². The van der Waals surface area contributed by atoms with Crippen LogP contribution in [-0.4, -0.2) is 6.29 Å². The Morgan fingerprint density at radius 2 is 2.00 bits per heavy atom. The molecule has 1 heteroatoms. The summed E-state index contributed by atoms with van der Waals surface area (Å²) in [7, 11) is 0. The molecule has 0 spiro atoms. The molecule has 0 aliphatic carbocycles. The minimum Gasteiger partial charge on any atom is -0.291 e. The molecule has 0 N–H and O–H groups in total. The van der Waals surface area contributed by atoms with Gasteiger partial charge < -0.3 is 0 Å². The van der Waals surface area contributed by atoms with Gasteiger partial charge in [0.15, 0.2) is 0 Å². The Morgan fingerprint density at radius 1 is 1.57 bits per heavy atom. The standard InChI is InChI=1S/C6H10O/c1-5(2)6(3)4-7/h5-6H,1H2,2-3H3. The molecular weight excluding hydrogens is 88.1 g/mol. The maximum absolute atomic E-state index is 9.78. The molecule has 0 bridgehead atoms. The Kier molecular flexibility index (Phi) is 2.65. The molecule has 0 saturated heterocycles. The first-order chi connectivity index (χ1) is 3.18. The monoisotopic (exact) mass is 98.1 g/mol. The van der Waals surface area contributed by atoms with Gasteiger partial charge in [-0.1, -0.05) is 13.8 Å². The Morgan fingerprint density at radius 3 is 2.00 bits per heavy atom. The van der Waals surface area contributed by atoms with E-state index in [2.05, 4.69) is 6.92 Å². The third-order valence-electron chi connectivity index (χ3n) is 1.04. The average Bonchev–Trinajstić information content (AvgIpc) is 1.65. The summed E-state index contributed by atoms with van der Waals surface area (Å²) in [5, 5.41) is 0. The van der Waals surface area contributed by atoms with E-state index in [-0.39, 0.29) is 11.8 Å². The van der Waals surface area contributed by atoms with Gasteiger partial charge in [0.25, 0.3) is 0 Å². The Bertz CT molecular complexity index is 57.2. The second kappa shape index (κ2) is 2.78. The minimum atomic E-state index is -0.0139. The van der Waals surface area contributed by atoms with Crippen LogP contribution in [0.1, 0.15) is 13.8 Å². The predicted molar refractivity (Wildman–Crippen MR) is 29.4 cm³/mol. The Balaban J connectivity index is 3.33. The van der Waals surface area contributed by atoms with E-state index in [9.17, 15) is 4.79 Å². The van der Waals surface area contributed by atoms with E-state index in [0.717, 1.165) is 0 Å². The molecule has 0 amide bonds. The van der Waals surface area contributed by atoms with Gasteiger partial charge in [-0.25, -0.2) is 0 Å². The zero-order valence-corrected chi connectivity index (χ0v) is 4.77. The summed E-state index contributed by atoms with van der Waals surface area (Å²) in [6, 6.07) is 0. The van der Waals surface area contributed by atoms with Gasteiger partial charge in [0.1, 0.15) is 0 Å². The molecule has 2 atom stereocenters. The Labute approximate surface area is 44.7 Å². The van der Waals surface area contributed by atoms with E-state index >= 15 is 0 Å². The molecule has 7 heavy (non-hydrogen) atoms. The zero-order chi connectivity index (χ0) is 5.86. The smallest absolute Gasteiger partial charge is 0.201 e. The van der Waals surface area contributed by atoms with Gasteiger partial charge >= 0.3 is 0 Å². The van der Waals surface area contributed by atoms with E-state index in [4.69, 9.17) is 0 Å². The first-order valence-corrected chi connectivity index (χ1v) is 2.39. The Hall–Kier alpha value is -0.330. The van der Waals surface area contributed by atoms with Crippen molar-refractivity contribution >= 4 is 6.29 Å². The van der Waals surface area contributed by atoms with Crippen LogP contribution >= 0.6 is 0 Å². The van der Waals surface area contributed by atoms with Crippen LogP contribution in [0.3, 0.4) is 0 Å². The van der Waals surface area contributed by atoms with Gasteiger partial charge in [-0.05, 0) is 12.8 Å². The molecule has 2 radical (unpaired) electrons. The lowest BCUT2D eigenvalue weighted by Gasteiger charge is -2.02. The largest absolute Gasteiger partial charge is 0.291 e. The molecule has 0 aliphatic rings. The predicted octanol–water partition coefficient (Wildman–Crippen LogP) is 1.20. The van der Waals surface area contributed by atoms with Gasteiger partial charge in [-0.15, -0.1) is 0 Å². The quantitative estimate of drug-likeness (QED) is 0.507. The summed E-state index contributed by atoms with van der Waals surface area (Å²) in [4.78, 5) is 9.78. The van der Waals surface area contributed by atoms with Crippen LogP contribution in [0.15, 0.2) is 0 Å². The highest BCUT2D eigenvalue weighted by molar-refractivity contribution is 5.54. The van der Waals surface area contributed by atoms with Crippen molar-refractivity contribution in [3.8, 4) is 0 Å². The van der Waals surface area contributed by atoms with E-state index in [1.807, 2.05) is 20.1 Å². The fraction of sp³-hybridized carbons (Fsp3) is 0.667. The molecule has 0 fully saturated rings. The molecule has 0 aromatic rings. The molecule has 0 saturated carbocycles. The van der Waals surface area contributed by atoms with Crippen LogP contribution in [0.2, 0.25) is 0 Å². The highest BCUT2D eigenvalue weighted by atomic mass is 16.1. The van der Waals surface area contributed by atoms with Gasteiger partial charge in [0, 0.05) is 5.92 Å². The maximum Gasteiger partial charge on any atom is 0.201 e. The van der Waals surface area contributed by atoms with Crippen molar-refractivity contribution in [3.63, 3.8) is 0 Å². The zero-order valence-electron chi connectivity index (χ0n) is 4.77. The van der Waals surface area contributed by atoms with Crippen molar-refractivity contribution in [2.75, 3.05) is 0 Å². The lowest BCUT2D eigenvalue weighted by atomic mass is 10.0. The number of rotatable bonds is 2. The molecular formula is C6H10O. The van der Waals surface area contributed by atoms with Gasteiger partial charge in [-0.2, -0.15) is 0 Å². The molecule has 0 aromatic carbocycles. The van der Waals surface area contributed by atoms with Crippen LogP contribution < -0.4 is 0 Å². The topological polar surface area (TPSA) is 17.1 Å². The summed E-state index contributed by atoms with van der Waals surface area (Å²) in [5.74, 6) is 0.178. The van der Waals surface area contributed by atoms with Crippen molar-refractivity contribution in [2.45, 2.75) is 13.8 Å². The number of carbonyl (C=O) groups excluding carboxylic acids is 1. The molecule has 1 nitrogen and oxygen atoms in total. The third-order valence-corrected chi connectivity index (χ3v) is 1.04. The first-order valence-electron chi connectivity index (χ1n) is 2.39. The highest BCUT2D eigenvalue weighted by Crippen LogP contribution is 2.03. The van der Waals surface area contributed by atoms with Crippen molar-refractivity contribution in [2.24, 2.45) is 11.8 Å². The van der Waals surface area contributed by atoms with Crippen molar-refractivity contribution in [1.29, 1.82) is 0 Å².